The zero-order valence-corrected chi connectivity index (χ0v) is 15.1. The maximum Gasteiger partial charge on any atom is 0.409 e. The van der Waals surface area contributed by atoms with E-state index in [0.29, 0.717) is 49.7 Å². The fraction of sp³-hybridized carbons (Fsp3) is 0.300. The van der Waals surface area contributed by atoms with Crippen molar-refractivity contribution in [3.05, 3.63) is 53.7 Å². The Kier molecular flexibility index (Phi) is 5.67. The molecule has 1 aliphatic rings. The zero-order chi connectivity index (χ0) is 19.2. The normalized spacial score (nSPS) is 13.8. The summed E-state index contributed by atoms with van der Waals surface area (Å²) in [4.78, 5) is 32.2. The number of rotatable bonds is 3. The van der Waals surface area contributed by atoms with Crippen LogP contribution in [0.1, 0.15) is 23.0 Å². The van der Waals surface area contributed by atoms with E-state index in [0.717, 1.165) is 5.56 Å². The minimum Gasteiger partial charge on any atom is -0.450 e. The van der Waals surface area contributed by atoms with Crippen molar-refractivity contribution in [3.8, 4) is 17.3 Å². The van der Waals surface area contributed by atoms with Crippen LogP contribution in [0.4, 0.5) is 4.79 Å². The predicted octanol–water partition coefficient (Wildman–Crippen LogP) is 2.53. The van der Waals surface area contributed by atoms with Crippen molar-refractivity contribution in [3.63, 3.8) is 0 Å². The molecule has 3 rings (SSSR count). The lowest BCUT2D eigenvalue weighted by Crippen LogP contribution is -2.50. The van der Waals surface area contributed by atoms with Gasteiger partial charge in [0.15, 0.2) is 0 Å². The highest BCUT2D eigenvalue weighted by molar-refractivity contribution is 5.95. The monoisotopic (exact) mass is 364 g/mol. The van der Waals surface area contributed by atoms with Crippen molar-refractivity contribution < 1.29 is 14.3 Å². The third-order valence-electron chi connectivity index (χ3n) is 4.36. The smallest absolute Gasteiger partial charge is 0.409 e. The first-order valence-electron chi connectivity index (χ1n) is 8.81. The molecule has 0 radical (unpaired) electrons. The van der Waals surface area contributed by atoms with Crippen LogP contribution in [0.2, 0.25) is 0 Å². The van der Waals surface area contributed by atoms with E-state index >= 15 is 0 Å². The summed E-state index contributed by atoms with van der Waals surface area (Å²) in [6, 6.07) is 14.4. The van der Waals surface area contributed by atoms with Gasteiger partial charge in [0, 0.05) is 37.3 Å². The summed E-state index contributed by atoms with van der Waals surface area (Å²) in [6.45, 7) is 3.94. The number of carbonyl (C=O) groups is 2. The lowest BCUT2D eigenvalue weighted by molar-refractivity contribution is 0.0570. The predicted molar refractivity (Wildman–Crippen MR) is 98.9 cm³/mol. The Balaban J connectivity index is 1.71. The molecule has 27 heavy (non-hydrogen) atoms. The van der Waals surface area contributed by atoms with E-state index in [1.165, 1.54) is 0 Å². The number of carbonyl (C=O) groups excluding carboxylic acids is 2. The van der Waals surface area contributed by atoms with Crippen molar-refractivity contribution >= 4 is 12.0 Å². The van der Waals surface area contributed by atoms with E-state index in [2.05, 4.69) is 4.98 Å². The van der Waals surface area contributed by atoms with Crippen LogP contribution >= 0.6 is 0 Å². The van der Waals surface area contributed by atoms with Crippen LogP contribution in [0.3, 0.4) is 0 Å². The van der Waals surface area contributed by atoms with Crippen LogP contribution in [-0.2, 0) is 4.74 Å². The van der Waals surface area contributed by atoms with Crippen LogP contribution in [-0.4, -0.2) is 59.6 Å². The number of nitrogens with zero attached hydrogens (tertiary/aromatic N) is 4. The molecule has 0 spiro atoms. The van der Waals surface area contributed by atoms with E-state index in [1.54, 1.807) is 47.1 Å². The summed E-state index contributed by atoms with van der Waals surface area (Å²) < 4.78 is 5.00. The fourth-order valence-corrected chi connectivity index (χ4v) is 2.96. The molecule has 1 aromatic carbocycles. The molecule has 0 N–H and O–H groups in total. The highest BCUT2D eigenvalue weighted by Gasteiger charge is 2.25. The van der Waals surface area contributed by atoms with Gasteiger partial charge in [-0.15, -0.1) is 0 Å². The lowest BCUT2D eigenvalue weighted by atomic mass is 10.1. The topological polar surface area (TPSA) is 86.5 Å². The SMILES string of the molecule is CCOC(=O)N1CCN(C(=O)c2cccc(-c3cccc(C#N)n3)c2)CC1. The van der Waals surface area contributed by atoms with E-state index < -0.39 is 0 Å². The van der Waals surface area contributed by atoms with Gasteiger partial charge < -0.3 is 14.5 Å². The molecule has 2 heterocycles. The van der Waals surface area contributed by atoms with Crippen LogP contribution in [0.5, 0.6) is 0 Å². The van der Waals surface area contributed by atoms with Crippen LogP contribution < -0.4 is 0 Å². The zero-order valence-electron chi connectivity index (χ0n) is 15.1. The van der Waals surface area contributed by atoms with Gasteiger partial charge in [-0.2, -0.15) is 5.26 Å². The highest BCUT2D eigenvalue weighted by atomic mass is 16.6. The average molecular weight is 364 g/mol. The number of piperazine rings is 1. The molecule has 138 valence electrons. The molecule has 0 bridgehead atoms. The molecule has 0 atom stereocenters. The van der Waals surface area contributed by atoms with Crippen LogP contribution in [0.15, 0.2) is 42.5 Å². The lowest BCUT2D eigenvalue weighted by Gasteiger charge is -2.34. The molecule has 1 aliphatic heterocycles. The number of aromatic nitrogens is 1. The van der Waals surface area contributed by atoms with Gasteiger partial charge in [-0.1, -0.05) is 18.2 Å². The Morgan fingerprint density at radius 3 is 2.52 bits per heavy atom. The molecule has 1 saturated heterocycles. The Bertz CT molecular complexity index is 883. The maximum absolute atomic E-state index is 12.8. The van der Waals surface area contributed by atoms with Gasteiger partial charge >= 0.3 is 6.09 Å². The summed E-state index contributed by atoms with van der Waals surface area (Å²) in [6.07, 6.45) is -0.338. The summed E-state index contributed by atoms with van der Waals surface area (Å²) in [5, 5.41) is 9.01. The quantitative estimate of drug-likeness (QED) is 0.835. The Hall–Kier alpha value is -3.40. The number of amides is 2. The molecule has 2 amide bonds. The minimum atomic E-state index is -0.338. The summed E-state index contributed by atoms with van der Waals surface area (Å²) in [5.41, 5.74) is 2.32. The van der Waals surface area contributed by atoms with Gasteiger partial charge in [-0.3, -0.25) is 4.79 Å². The van der Waals surface area contributed by atoms with Gasteiger partial charge in [0.05, 0.1) is 12.3 Å². The molecule has 7 heteroatoms. The van der Waals surface area contributed by atoms with Crippen molar-refractivity contribution in [1.82, 2.24) is 14.8 Å². The Morgan fingerprint density at radius 1 is 1.11 bits per heavy atom. The molecule has 0 unspecified atom stereocenters. The number of benzene rings is 1. The van der Waals surface area contributed by atoms with Gasteiger partial charge in [0.25, 0.3) is 5.91 Å². The van der Waals surface area contributed by atoms with Crippen LogP contribution in [0, 0.1) is 11.3 Å². The van der Waals surface area contributed by atoms with Gasteiger partial charge in [-0.25, -0.2) is 9.78 Å². The van der Waals surface area contributed by atoms with Gasteiger partial charge in [0.1, 0.15) is 11.8 Å². The van der Waals surface area contributed by atoms with Crippen LogP contribution in [0.25, 0.3) is 11.3 Å². The van der Waals surface area contributed by atoms with Gasteiger partial charge in [0.2, 0.25) is 0 Å². The molecule has 0 saturated carbocycles. The Morgan fingerprint density at radius 2 is 1.81 bits per heavy atom. The molecule has 1 fully saturated rings. The average Bonchev–Trinajstić information content (AvgIpc) is 2.73. The Labute approximate surface area is 157 Å². The summed E-state index contributed by atoms with van der Waals surface area (Å²) in [7, 11) is 0. The van der Waals surface area contributed by atoms with Crippen molar-refractivity contribution in [2.45, 2.75) is 6.92 Å². The fourth-order valence-electron chi connectivity index (χ4n) is 2.96. The number of hydrogen-bond donors (Lipinski definition) is 0. The second-order valence-electron chi connectivity index (χ2n) is 6.08. The first-order chi connectivity index (χ1) is 13.1. The summed E-state index contributed by atoms with van der Waals surface area (Å²) >= 11 is 0. The third kappa shape index (κ3) is 4.23. The minimum absolute atomic E-state index is 0.0863. The van der Waals surface area contributed by atoms with E-state index in [1.807, 2.05) is 18.2 Å². The molecule has 0 aliphatic carbocycles. The van der Waals surface area contributed by atoms with E-state index in [-0.39, 0.29) is 12.0 Å². The second-order valence-corrected chi connectivity index (χ2v) is 6.08. The number of nitriles is 1. The van der Waals surface area contributed by atoms with E-state index in [9.17, 15) is 9.59 Å². The first-order valence-corrected chi connectivity index (χ1v) is 8.81. The molecule has 2 aromatic rings. The second kappa shape index (κ2) is 8.32. The first kappa shape index (κ1) is 18.4. The molecule has 1 aromatic heterocycles. The highest BCUT2D eigenvalue weighted by Crippen LogP contribution is 2.20. The molecular weight excluding hydrogens is 344 g/mol. The summed E-state index contributed by atoms with van der Waals surface area (Å²) in [5.74, 6) is -0.0863. The third-order valence-corrected chi connectivity index (χ3v) is 4.36. The van der Waals surface area contributed by atoms with Gasteiger partial charge in [-0.05, 0) is 31.2 Å². The van der Waals surface area contributed by atoms with E-state index in [4.69, 9.17) is 10.00 Å². The number of ether oxygens (including phenoxy) is 1. The number of hydrogen-bond acceptors (Lipinski definition) is 5. The standard InChI is InChI=1S/C20H20N4O3/c1-2-27-20(26)24-11-9-23(10-12-24)19(25)16-6-3-5-15(13-16)18-8-4-7-17(14-21)22-18/h3-8,13H,2,9-12H2,1H3. The maximum atomic E-state index is 12.8. The van der Waals surface area contributed by atoms with Crippen molar-refractivity contribution in [2.75, 3.05) is 32.8 Å². The largest absolute Gasteiger partial charge is 0.450 e. The molecular formula is C20H20N4O3. The number of pyridine rings is 1. The van der Waals surface area contributed by atoms with Crippen molar-refractivity contribution in [1.29, 1.82) is 5.26 Å². The van der Waals surface area contributed by atoms with Crippen molar-refractivity contribution in [2.24, 2.45) is 0 Å². The molecule has 7 nitrogen and oxygen atoms in total.